The van der Waals surface area contributed by atoms with Crippen molar-refractivity contribution in [2.45, 2.75) is 95.2 Å². The molecule has 16 nitrogen and oxygen atoms in total. The van der Waals surface area contributed by atoms with Gasteiger partial charge in [0.05, 0.1) is 11.6 Å². The van der Waals surface area contributed by atoms with Crippen molar-refractivity contribution in [1.82, 2.24) is 20.7 Å². The number of oxime groups is 1. The lowest BCUT2D eigenvalue weighted by Crippen LogP contribution is -2.57. The minimum Gasteiger partial charge on any atom is -0.485 e. The molecule has 2 amide bonds. The number of nitrogens with one attached hydrogen (secondary N) is 3. The van der Waals surface area contributed by atoms with Gasteiger partial charge in [-0.25, -0.2) is 14.8 Å². The Bertz CT molecular complexity index is 1570. The first-order valence-corrected chi connectivity index (χ1v) is 17.7. The first-order valence-electron chi connectivity index (χ1n) is 16.2. The lowest BCUT2D eigenvalue weighted by atomic mass is 9.90. The number of aryl methyl sites for hydroxylation is 1. The second-order valence-electron chi connectivity index (χ2n) is 13.3. The molecule has 3 aliphatic rings. The predicted octanol–water partition coefficient (Wildman–Crippen LogP) is 2.81. The van der Waals surface area contributed by atoms with E-state index in [1.807, 2.05) is 0 Å². The predicted molar refractivity (Wildman–Crippen MR) is 190 cm³/mol. The maximum absolute atomic E-state index is 13.4. The molecule has 7 atom stereocenters. The van der Waals surface area contributed by atoms with Crippen LogP contribution in [0.5, 0.6) is 5.75 Å². The van der Waals surface area contributed by atoms with E-state index >= 15 is 0 Å². The number of nitrogens with zero attached hydrogens (tertiary/aromatic N) is 3. The molecule has 1 aromatic heterocycles. The summed E-state index contributed by atoms with van der Waals surface area (Å²) >= 11 is 1.01. The van der Waals surface area contributed by atoms with E-state index in [9.17, 15) is 19.5 Å². The molecule has 2 fully saturated rings. The van der Waals surface area contributed by atoms with Gasteiger partial charge in [-0.05, 0) is 108 Å². The van der Waals surface area contributed by atoms with Crippen LogP contribution in [0.4, 0.5) is 5.13 Å². The summed E-state index contributed by atoms with van der Waals surface area (Å²) in [5.74, 6) is 0.0921. The summed E-state index contributed by atoms with van der Waals surface area (Å²) in [5.41, 5.74) is 9.73. The molecular weight excluding hydrogens is 689 g/mol. The summed E-state index contributed by atoms with van der Waals surface area (Å²) in [6, 6.07) is 5.67. The molecule has 0 radical (unpaired) electrons. The fraction of sp³-hybridized carbons (Fsp3) is 0.562. The Morgan fingerprint density at radius 2 is 2.02 bits per heavy atom. The molecule has 1 aliphatic heterocycles. The number of nitrogen functional groups attached to an aromatic ring is 1. The third-order valence-corrected chi connectivity index (χ3v) is 10.8. The van der Waals surface area contributed by atoms with E-state index in [2.05, 4.69) is 27.8 Å². The Hall–Kier alpha value is -3.81. The van der Waals surface area contributed by atoms with Gasteiger partial charge >= 0.3 is 5.97 Å². The largest absolute Gasteiger partial charge is 0.485 e. The van der Waals surface area contributed by atoms with Crippen LogP contribution in [0.1, 0.15) is 70.2 Å². The van der Waals surface area contributed by atoms with Crippen molar-refractivity contribution in [3.63, 3.8) is 0 Å². The topological polar surface area (TPSA) is 248 Å². The number of thiazole rings is 1. The molecule has 2 heterocycles. The zero-order valence-electron chi connectivity index (χ0n) is 28.6. The maximum Gasteiger partial charge on any atom is 0.354 e. The van der Waals surface area contributed by atoms with E-state index in [-0.39, 0.29) is 35.3 Å². The van der Waals surface area contributed by atoms with E-state index < -0.39 is 35.2 Å². The van der Waals surface area contributed by atoms with Gasteiger partial charge in [0.2, 0.25) is 6.41 Å². The van der Waals surface area contributed by atoms with Crippen molar-refractivity contribution in [2.75, 3.05) is 12.8 Å². The molecule has 1 aromatic carbocycles. The molecule has 5 rings (SSSR count). The number of nitrogens with two attached hydrogens (primary N) is 2. The Labute approximate surface area is 299 Å². The number of carbonyl (C=O) groups excluding carboxylic acids is 2. The van der Waals surface area contributed by atoms with Crippen LogP contribution in [-0.4, -0.2) is 92.3 Å². The Kier molecular flexibility index (Phi) is 12.8. The molecule has 50 heavy (non-hydrogen) atoms. The Morgan fingerprint density at radius 1 is 1.28 bits per heavy atom. The molecule has 2 aliphatic carbocycles. The third-order valence-electron chi connectivity index (χ3n) is 9.87. The van der Waals surface area contributed by atoms with Crippen molar-refractivity contribution in [3.8, 4) is 5.75 Å². The minimum atomic E-state index is -2.00. The van der Waals surface area contributed by atoms with Gasteiger partial charge in [-0.3, -0.25) is 9.59 Å². The number of benzene rings is 1. The highest BCUT2D eigenvalue weighted by Crippen LogP contribution is 2.48. The average molecular weight is 735 g/mol. The molecular formula is C32H46N8O8S2. The lowest BCUT2D eigenvalue weighted by molar-refractivity contribution is -0.178. The standard InChI is InChI=1S/C24H30N6O8S2.C8H16N2/c1-13(23(2,3)30(12-31)38-40-35)27-20(32)19(16-11-39-22(26)28-16)29-37-24(4,21(33)34)18-8-6-15-9-14(10-25)5-7-17(15)36-18;1-10-8-3-2-7(9)5-4-6(5)8/h5,7,9-13,18,25,35H,6,8H2,1-4H3,(H2,26,28)(H,27,32)(H,33,34);5-8,10H,2-4,9H2,1H3/b25-10?,29-19-;/t;5?,6?,7-,8?/m.1/s1. The van der Waals surface area contributed by atoms with Crippen LogP contribution < -0.4 is 26.8 Å². The van der Waals surface area contributed by atoms with Gasteiger partial charge in [0.15, 0.2) is 29.3 Å². The number of aliphatic carboxylic acids is 1. The summed E-state index contributed by atoms with van der Waals surface area (Å²) in [6.07, 6.45) is 5.23. The number of hydrogen-bond donors (Lipinski definition) is 7. The van der Waals surface area contributed by atoms with Gasteiger partial charge in [-0.15, -0.1) is 11.3 Å². The normalized spacial score (nSPS) is 24.4. The number of hydroxylamine groups is 2. The SMILES string of the molecule is CC(NC(=O)/C(=N\OC(C)(C(=O)O)C1CCc2cc(C=N)ccc2O1)c1csc(N)n1)C(C)(C)N(C=O)OSO.CNC1CC[C@@H](N)C2CC12. The Morgan fingerprint density at radius 3 is 2.62 bits per heavy atom. The quantitative estimate of drug-likeness (QED) is 0.0639. The molecule has 0 saturated heterocycles. The number of ether oxygens (including phenoxy) is 1. The molecule has 274 valence electrons. The number of carboxylic acid groups (broad SMARTS) is 1. The molecule has 0 spiro atoms. The highest BCUT2D eigenvalue weighted by atomic mass is 32.2. The third kappa shape index (κ3) is 8.73. The van der Waals surface area contributed by atoms with Gasteiger partial charge in [-0.2, -0.15) is 4.28 Å². The minimum absolute atomic E-state index is 0.0336. The van der Waals surface area contributed by atoms with Crippen LogP contribution in [0, 0.1) is 17.2 Å². The average Bonchev–Trinajstić information content (AvgIpc) is 3.81. The second kappa shape index (κ2) is 16.5. The van der Waals surface area contributed by atoms with Crippen molar-refractivity contribution in [3.05, 3.63) is 40.4 Å². The monoisotopic (exact) mass is 734 g/mol. The lowest BCUT2D eigenvalue weighted by Gasteiger charge is -2.38. The zero-order chi connectivity index (χ0) is 36.8. The summed E-state index contributed by atoms with van der Waals surface area (Å²) in [6.45, 7) is 6.05. The van der Waals surface area contributed by atoms with Crippen LogP contribution in [0.15, 0.2) is 28.7 Å². The van der Waals surface area contributed by atoms with E-state index in [1.165, 1.54) is 37.8 Å². The first kappa shape index (κ1) is 39.0. The number of rotatable bonds is 14. The van der Waals surface area contributed by atoms with Crippen molar-refractivity contribution >= 4 is 59.0 Å². The summed E-state index contributed by atoms with van der Waals surface area (Å²) in [7, 11) is 2.07. The molecule has 9 N–H and O–H groups in total. The fourth-order valence-corrected chi connectivity index (χ4v) is 6.98. The molecule has 0 bridgehead atoms. The maximum atomic E-state index is 13.4. The van der Waals surface area contributed by atoms with Gasteiger partial charge < -0.3 is 46.7 Å². The molecule has 2 aromatic rings. The first-order chi connectivity index (χ1) is 23.7. The second-order valence-corrected chi connectivity index (χ2v) is 14.5. The number of carboxylic acids is 1. The van der Waals surface area contributed by atoms with Crippen LogP contribution in [0.3, 0.4) is 0 Å². The number of carbonyl (C=O) groups is 3. The fourth-order valence-electron chi connectivity index (χ4n) is 6.13. The molecule has 2 saturated carbocycles. The number of amides is 2. The highest BCUT2D eigenvalue weighted by molar-refractivity contribution is 7.88. The molecule has 6 unspecified atom stereocenters. The molecule has 18 heteroatoms. The van der Waals surface area contributed by atoms with E-state index in [4.69, 9.17) is 35.3 Å². The highest BCUT2D eigenvalue weighted by Gasteiger charge is 2.49. The smallest absolute Gasteiger partial charge is 0.354 e. The zero-order valence-corrected chi connectivity index (χ0v) is 30.3. The number of hydrogen-bond acceptors (Lipinski definition) is 15. The van der Waals surface area contributed by atoms with Gasteiger partial charge in [-0.1, -0.05) is 5.16 Å². The summed E-state index contributed by atoms with van der Waals surface area (Å²) in [4.78, 5) is 46.9. The van der Waals surface area contributed by atoms with Crippen molar-refractivity contribution < 1.29 is 37.9 Å². The van der Waals surface area contributed by atoms with E-state index in [0.29, 0.717) is 30.2 Å². The van der Waals surface area contributed by atoms with Crippen LogP contribution in [0.2, 0.25) is 0 Å². The van der Waals surface area contributed by atoms with Gasteiger partial charge in [0, 0.05) is 23.7 Å². The van der Waals surface area contributed by atoms with E-state index in [0.717, 1.165) is 39.8 Å². The van der Waals surface area contributed by atoms with Crippen LogP contribution >= 0.6 is 23.7 Å². The van der Waals surface area contributed by atoms with E-state index in [1.54, 1.807) is 39.0 Å². The summed E-state index contributed by atoms with van der Waals surface area (Å²) in [5, 5.41) is 29.9. The van der Waals surface area contributed by atoms with Gasteiger partial charge in [0.1, 0.15) is 11.4 Å². The number of fused-ring (bicyclic) bond motifs is 2. The summed E-state index contributed by atoms with van der Waals surface area (Å²) < 4.78 is 19.8. The van der Waals surface area contributed by atoms with Crippen molar-refractivity contribution in [1.29, 1.82) is 5.41 Å². The van der Waals surface area contributed by atoms with Gasteiger partial charge in [0.25, 0.3) is 11.5 Å². The van der Waals surface area contributed by atoms with Crippen LogP contribution in [-0.2, 0) is 29.9 Å². The number of anilines is 1. The number of aromatic nitrogens is 1. The van der Waals surface area contributed by atoms with Crippen LogP contribution in [0.25, 0.3) is 0 Å². The Balaban J connectivity index is 0.000000474. The van der Waals surface area contributed by atoms with Crippen molar-refractivity contribution in [2.24, 2.45) is 22.7 Å².